The van der Waals surface area contributed by atoms with Crippen LogP contribution in [0.15, 0.2) is 15.8 Å². The zero-order valence-electron chi connectivity index (χ0n) is 12.5. The minimum Gasteiger partial charge on any atom is -0.352 e. The van der Waals surface area contributed by atoms with Crippen LogP contribution >= 0.6 is 0 Å². The molecule has 1 N–H and O–H groups in total. The van der Waals surface area contributed by atoms with E-state index in [-0.39, 0.29) is 18.2 Å². The summed E-state index contributed by atoms with van der Waals surface area (Å²) in [7, 11) is 0. The Morgan fingerprint density at radius 3 is 2.62 bits per heavy atom. The van der Waals surface area contributed by atoms with Gasteiger partial charge in [-0.2, -0.15) is 5.26 Å². The molecule has 0 aliphatic rings. The number of aromatic nitrogens is 2. The van der Waals surface area contributed by atoms with Crippen molar-refractivity contribution in [3.63, 3.8) is 0 Å². The Labute approximate surface area is 122 Å². The first-order valence-electron chi connectivity index (χ1n) is 6.98. The van der Waals surface area contributed by atoms with Gasteiger partial charge in [-0.25, -0.2) is 9.36 Å². The Kier molecular flexibility index (Phi) is 5.91. The molecule has 0 bridgehead atoms. The number of hydrogen-bond acceptors (Lipinski definition) is 4. The van der Waals surface area contributed by atoms with Crippen molar-refractivity contribution >= 4 is 5.91 Å². The number of aryl methyl sites for hydroxylation is 1. The highest BCUT2D eigenvalue weighted by Gasteiger charge is 2.14. The largest absolute Gasteiger partial charge is 0.352 e. The number of rotatable bonds is 6. The highest BCUT2D eigenvalue weighted by atomic mass is 16.2. The van der Waals surface area contributed by atoms with Crippen molar-refractivity contribution in [1.29, 1.82) is 5.26 Å². The average molecular weight is 292 g/mol. The standard InChI is InChI=1S/C14H20N4O3/c1-4-6-10(3)16-12(19)9-18-13(20)11(7-15)8-17(5-2)14(18)21/h8,10H,4-6,9H2,1-3H3,(H,16,19). The van der Waals surface area contributed by atoms with Crippen LogP contribution in [0.25, 0.3) is 0 Å². The molecule has 7 heteroatoms. The lowest BCUT2D eigenvalue weighted by Crippen LogP contribution is -2.45. The summed E-state index contributed by atoms with van der Waals surface area (Å²) in [6.07, 6.45) is 2.96. The van der Waals surface area contributed by atoms with Crippen molar-refractivity contribution in [3.8, 4) is 6.07 Å². The van der Waals surface area contributed by atoms with Crippen molar-refractivity contribution in [3.05, 3.63) is 32.6 Å². The first kappa shape index (κ1) is 16.7. The van der Waals surface area contributed by atoms with E-state index in [2.05, 4.69) is 5.32 Å². The van der Waals surface area contributed by atoms with E-state index in [1.54, 1.807) is 13.0 Å². The van der Waals surface area contributed by atoms with Crippen molar-refractivity contribution in [2.75, 3.05) is 0 Å². The second-order valence-corrected chi connectivity index (χ2v) is 4.87. The van der Waals surface area contributed by atoms with E-state index in [4.69, 9.17) is 5.26 Å². The average Bonchev–Trinajstić information content (AvgIpc) is 2.44. The van der Waals surface area contributed by atoms with Crippen LogP contribution in [0.2, 0.25) is 0 Å². The predicted octanol–water partition coefficient (Wildman–Crippen LogP) is 0.206. The SMILES string of the molecule is CCCC(C)NC(=O)Cn1c(=O)c(C#N)cn(CC)c1=O. The fraction of sp³-hybridized carbons (Fsp3) is 0.571. The molecule has 0 aliphatic carbocycles. The number of hydrogen-bond donors (Lipinski definition) is 1. The summed E-state index contributed by atoms with van der Waals surface area (Å²) in [4.78, 5) is 36.0. The van der Waals surface area contributed by atoms with E-state index in [0.29, 0.717) is 6.54 Å². The second kappa shape index (κ2) is 7.43. The van der Waals surface area contributed by atoms with Crippen LogP contribution in [-0.2, 0) is 17.9 Å². The molecule has 21 heavy (non-hydrogen) atoms. The van der Waals surface area contributed by atoms with Gasteiger partial charge in [0.05, 0.1) is 0 Å². The van der Waals surface area contributed by atoms with Crippen molar-refractivity contribution in [1.82, 2.24) is 14.5 Å². The third-order valence-electron chi connectivity index (χ3n) is 3.13. The topological polar surface area (TPSA) is 96.9 Å². The molecule has 0 saturated carbocycles. The van der Waals surface area contributed by atoms with E-state index in [1.165, 1.54) is 10.8 Å². The summed E-state index contributed by atoms with van der Waals surface area (Å²) in [5.74, 6) is -0.409. The molecular formula is C14H20N4O3. The first-order valence-corrected chi connectivity index (χ1v) is 6.98. The third-order valence-corrected chi connectivity index (χ3v) is 3.13. The first-order chi connectivity index (χ1) is 9.94. The van der Waals surface area contributed by atoms with Crippen LogP contribution in [-0.4, -0.2) is 21.1 Å². The van der Waals surface area contributed by atoms with Crippen molar-refractivity contribution in [2.24, 2.45) is 0 Å². The molecule has 114 valence electrons. The monoisotopic (exact) mass is 292 g/mol. The minimum atomic E-state index is -0.731. The normalized spacial score (nSPS) is 11.7. The Morgan fingerprint density at radius 2 is 2.10 bits per heavy atom. The van der Waals surface area contributed by atoms with Gasteiger partial charge in [-0.15, -0.1) is 0 Å². The number of carbonyl (C=O) groups is 1. The summed E-state index contributed by atoms with van der Waals surface area (Å²) >= 11 is 0. The van der Waals surface area contributed by atoms with Gasteiger partial charge in [0, 0.05) is 18.8 Å². The van der Waals surface area contributed by atoms with E-state index in [0.717, 1.165) is 17.4 Å². The van der Waals surface area contributed by atoms with Crippen LogP contribution in [0.3, 0.4) is 0 Å². The molecular weight excluding hydrogens is 272 g/mol. The molecule has 0 radical (unpaired) electrons. The number of nitrogens with zero attached hydrogens (tertiary/aromatic N) is 3. The van der Waals surface area contributed by atoms with Crippen LogP contribution < -0.4 is 16.6 Å². The fourth-order valence-corrected chi connectivity index (χ4v) is 2.07. The molecule has 1 heterocycles. The molecule has 1 atom stereocenters. The summed E-state index contributed by atoms with van der Waals surface area (Å²) < 4.78 is 2.04. The predicted molar refractivity (Wildman–Crippen MR) is 77.9 cm³/mol. The maximum Gasteiger partial charge on any atom is 0.331 e. The molecule has 1 rings (SSSR count). The van der Waals surface area contributed by atoms with Gasteiger partial charge < -0.3 is 5.32 Å². The molecule has 1 aromatic heterocycles. The third kappa shape index (κ3) is 4.05. The Bertz CT molecular complexity index is 666. The van der Waals surface area contributed by atoms with Crippen LogP contribution in [0.5, 0.6) is 0 Å². The number of nitriles is 1. The molecule has 1 amide bonds. The van der Waals surface area contributed by atoms with E-state index in [9.17, 15) is 14.4 Å². The van der Waals surface area contributed by atoms with Crippen LogP contribution in [0, 0.1) is 11.3 Å². The van der Waals surface area contributed by atoms with Gasteiger partial charge in [-0.05, 0) is 20.3 Å². The highest BCUT2D eigenvalue weighted by Crippen LogP contribution is 1.95. The summed E-state index contributed by atoms with van der Waals surface area (Å²) in [5, 5.41) is 11.7. The van der Waals surface area contributed by atoms with Crippen LogP contribution in [0.1, 0.15) is 39.2 Å². The second-order valence-electron chi connectivity index (χ2n) is 4.87. The maximum absolute atomic E-state index is 12.1. The van der Waals surface area contributed by atoms with Crippen LogP contribution in [0.4, 0.5) is 0 Å². The number of carbonyl (C=O) groups excluding carboxylic acids is 1. The van der Waals surface area contributed by atoms with E-state index < -0.39 is 17.2 Å². The molecule has 0 aromatic carbocycles. The molecule has 0 saturated heterocycles. The molecule has 0 aliphatic heterocycles. The molecule has 1 unspecified atom stereocenters. The summed E-state index contributed by atoms with van der Waals surface area (Å²) in [6.45, 7) is 5.54. The summed E-state index contributed by atoms with van der Waals surface area (Å²) in [5.41, 5.74) is -1.46. The van der Waals surface area contributed by atoms with Gasteiger partial charge in [0.2, 0.25) is 5.91 Å². The van der Waals surface area contributed by atoms with Crippen molar-refractivity contribution < 1.29 is 4.79 Å². The van der Waals surface area contributed by atoms with Crippen molar-refractivity contribution in [2.45, 2.75) is 52.7 Å². The summed E-state index contributed by atoms with van der Waals surface area (Å²) in [6, 6.07) is 1.72. The zero-order valence-corrected chi connectivity index (χ0v) is 12.5. The zero-order chi connectivity index (χ0) is 16.0. The lowest BCUT2D eigenvalue weighted by atomic mass is 10.2. The maximum atomic E-state index is 12.1. The highest BCUT2D eigenvalue weighted by molar-refractivity contribution is 5.76. The quantitative estimate of drug-likeness (QED) is 0.810. The molecule has 0 fully saturated rings. The Balaban J connectivity index is 3.09. The molecule has 0 spiro atoms. The Morgan fingerprint density at radius 1 is 1.43 bits per heavy atom. The van der Waals surface area contributed by atoms with Gasteiger partial charge in [0.25, 0.3) is 5.56 Å². The van der Waals surface area contributed by atoms with Gasteiger partial charge in [-0.3, -0.25) is 14.2 Å². The van der Waals surface area contributed by atoms with Gasteiger partial charge in [0.15, 0.2) is 0 Å². The smallest absolute Gasteiger partial charge is 0.331 e. The van der Waals surface area contributed by atoms with E-state index in [1.807, 2.05) is 13.8 Å². The molecule has 1 aromatic rings. The van der Waals surface area contributed by atoms with Gasteiger partial charge >= 0.3 is 5.69 Å². The number of nitrogens with one attached hydrogen (secondary N) is 1. The minimum absolute atomic E-state index is 0.0225. The van der Waals surface area contributed by atoms with E-state index >= 15 is 0 Å². The lowest BCUT2D eigenvalue weighted by molar-refractivity contribution is -0.122. The Hall–Kier alpha value is -2.36. The fourth-order valence-electron chi connectivity index (χ4n) is 2.07. The molecule has 7 nitrogen and oxygen atoms in total. The van der Waals surface area contributed by atoms with Gasteiger partial charge in [-0.1, -0.05) is 13.3 Å². The number of amides is 1. The van der Waals surface area contributed by atoms with Gasteiger partial charge in [0.1, 0.15) is 18.2 Å². The lowest BCUT2D eigenvalue weighted by Gasteiger charge is -2.14.